The fourth-order valence-electron chi connectivity index (χ4n) is 8.04. The Hall–Kier alpha value is -1.79. The summed E-state index contributed by atoms with van der Waals surface area (Å²) < 4.78 is 8.39. The monoisotopic (exact) mass is 581 g/mol. The number of para-hydroxylation sites is 1. The quantitative estimate of drug-likeness (QED) is 0.287. The first kappa shape index (κ1) is 32.1. The molecule has 1 saturated carbocycles. The van der Waals surface area contributed by atoms with Crippen LogP contribution in [0.15, 0.2) is 24.3 Å². The molecule has 0 bridgehead atoms. The van der Waals surface area contributed by atoms with Crippen LogP contribution in [0.1, 0.15) is 106 Å². The van der Waals surface area contributed by atoms with E-state index < -0.39 is 13.7 Å². The van der Waals surface area contributed by atoms with Crippen molar-refractivity contribution >= 4 is 30.4 Å². The van der Waals surface area contributed by atoms with Crippen LogP contribution < -0.4 is 10.6 Å². The second kappa shape index (κ2) is 13.7. The summed E-state index contributed by atoms with van der Waals surface area (Å²) in [6, 6.07) is 14.3. The molecule has 0 spiro atoms. The van der Waals surface area contributed by atoms with Crippen LogP contribution in [0, 0.1) is 11.8 Å². The average molecular weight is 582 g/mol. The van der Waals surface area contributed by atoms with Gasteiger partial charge in [0.25, 0.3) is 0 Å². The van der Waals surface area contributed by atoms with Crippen LogP contribution in [0.4, 0.5) is 4.79 Å². The lowest BCUT2D eigenvalue weighted by Crippen LogP contribution is -2.53. The number of nitrogens with one attached hydrogen (secondary N) is 1. The third kappa shape index (κ3) is 7.23. The first-order chi connectivity index (χ1) is 19.5. The summed E-state index contributed by atoms with van der Waals surface area (Å²) in [5.74, 6) is 1.76. The van der Waals surface area contributed by atoms with Gasteiger partial charge in [-0.3, -0.25) is 0 Å². The Labute approximate surface area is 251 Å². The van der Waals surface area contributed by atoms with Crippen LogP contribution in [0.5, 0.6) is 0 Å². The molecule has 1 aromatic carbocycles. The SMILES string of the molecule is CC[Si](CC)(CC)c1c(CCNC(=O)OC(C)(C)C)c2ccccc2n1C1CCN(C2CCC(C(C)C)CC2)CC1. The number of carbonyl (C=O) groups is 1. The number of ether oxygens (including phenoxy) is 1. The van der Waals surface area contributed by atoms with E-state index in [9.17, 15) is 4.79 Å². The smallest absolute Gasteiger partial charge is 0.407 e. The maximum atomic E-state index is 12.5. The van der Waals surface area contributed by atoms with Gasteiger partial charge in [-0.05, 0) is 89.2 Å². The molecule has 1 aliphatic carbocycles. The molecule has 2 heterocycles. The fraction of sp³-hybridized carbons (Fsp3) is 0.743. The standard InChI is InChI=1S/C35H59N3O2Si/c1-9-41(10-2,11-3)33-31(20-23-36-34(39)40-35(6,7)8)30-14-12-13-15-32(30)38(33)29-21-24-37(25-22-29)28-18-16-27(17-19-28)26(4)5/h12-15,26-29H,9-11,16-25H2,1-8H3,(H,36,39). The summed E-state index contributed by atoms with van der Waals surface area (Å²) in [7, 11) is -1.73. The van der Waals surface area contributed by atoms with Gasteiger partial charge >= 0.3 is 6.09 Å². The minimum atomic E-state index is -1.73. The fourth-order valence-corrected chi connectivity index (χ4v) is 12.3. The number of benzene rings is 1. The largest absolute Gasteiger partial charge is 0.444 e. The van der Waals surface area contributed by atoms with Crippen molar-refractivity contribution in [2.24, 2.45) is 11.8 Å². The van der Waals surface area contributed by atoms with E-state index >= 15 is 0 Å². The summed E-state index contributed by atoms with van der Waals surface area (Å²) in [5.41, 5.74) is 2.42. The zero-order valence-corrected chi connectivity index (χ0v) is 28.5. The van der Waals surface area contributed by atoms with Gasteiger partial charge < -0.3 is 19.5 Å². The summed E-state index contributed by atoms with van der Waals surface area (Å²) >= 11 is 0. The second-order valence-electron chi connectivity index (χ2n) is 14.3. The molecule has 2 aliphatic rings. The van der Waals surface area contributed by atoms with E-state index in [0.29, 0.717) is 12.6 Å². The van der Waals surface area contributed by atoms with Crippen LogP contribution in [0.2, 0.25) is 18.1 Å². The number of carbonyl (C=O) groups excluding carboxylic acids is 1. The lowest BCUT2D eigenvalue weighted by atomic mass is 9.79. The predicted octanol–water partition coefficient (Wildman–Crippen LogP) is 8.28. The molecule has 41 heavy (non-hydrogen) atoms. The van der Waals surface area contributed by atoms with Crippen LogP contribution in [0.3, 0.4) is 0 Å². The van der Waals surface area contributed by atoms with Crippen molar-refractivity contribution in [3.05, 3.63) is 29.8 Å². The van der Waals surface area contributed by atoms with E-state index in [1.54, 1.807) is 5.32 Å². The Bertz CT molecular complexity index is 1120. The van der Waals surface area contributed by atoms with Gasteiger partial charge in [-0.1, -0.05) is 71.0 Å². The van der Waals surface area contributed by atoms with Crippen LogP contribution >= 0.6 is 0 Å². The lowest BCUT2D eigenvalue weighted by molar-refractivity contribution is 0.0528. The highest BCUT2D eigenvalue weighted by Gasteiger charge is 2.39. The number of fused-ring (bicyclic) bond motifs is 1. The molecule has 0 atom stereocenters. The van der Waals surface area contributed by atoms with Gasteiger partial charge in [0.2, 0.25) is 0 Å². The van der Waals surface area contributed by atoms with Crippen molar-refractivity contribution in [3.8, 4) is 0 Å². The first-order valence-corrected chi connectivity index (χ1v) is 19.5. The van der Waals surface area contributed by atoms with Crippen molar-refractivity contribution in [2.45, 2.75) is 136 Å². The van der Waals surface area contributed by atoms with Crippen molar-refractivity contribution in [2.75, 3.05) is 19.6 Å². The Morgan fingerprint density at radius 3 is 2.12 bits per heavy atom. The number of piperidine rings is 1. The molecule has 1 saturated heterocycles. The number of alkyl carbamates (subject to hydrolysis) is 1. The van der Waals surface area contributed by atoms with Crippen LogP contribution in [-0.2, 0) is 11.2 Å². The van der Waals surface area contributed by atoms with E-state index in [1.165, 1.54) is 86.2 Å². The molecule has 1 aliphatic heterocycles. The molecule has 2 fully saturated rings. The zero-order valence-electron chi connectivity index (χ0n) is 27.5. The van der Waals surface area contributed by atoms with Gasteiger partial charge in [-0.2, -0.15) is 0 Å². The highest BCUT2D eigenvalue weighted by Crippen LogP contribution is 2.37. The Balaban J connectivity index is 1.61. The van der Waals surface area contributed by atoms with Crippen LogP contribution in [0.25, 0.3) is 10.9 Å². The van der Waals surface area contributed by atoms with E-state index in [4.69, 9.17) is 4.74 Å². The van der Waals surface area contributed by atoms with Crippen molar-refractivity contribution in [1.29, 1.82) is 0 Å². The zero-order chi connectivity index (χ0) is 29.8. The third-order valence-corrected chi connectivity index (χ3v) is 16.3. The lowest BCUT2D eigenvalue weighted by Gasteiger charge is -2.43. The Morgan fingerprint density at radius 2 is 1.56 bits per heavy atom. The summed E-state index contributed by atoms with van der Waals surface area (Å²) in [4.78, 5) is 15.3. The topological polar surface area (TPSA) is 46.5 Å². The maximum Gasteiger partial charge on any atom is 0.407 e. The van der Waals surface area contributed by atoms with Crippen molar-refractivity contribution in [3.63, 3.8) is 0 Å². The molecule has 0 radical (unpaired) electrons. The van der Waals surface area contributed by atoms with Gasteiger partial charge in [-0.15, -0.1) is 0 Å². The second-order valence-corrected chi connectivity index (χ2v) is 19.5. The number of hydrogen-bond donors (Lipinski definition) is 1. The third-order valence-electron chi connectivity index (χ3n) is 10.7. The number of aromatic nitrogens is 1. The predicted molar refractivity (Wildman–Crippen MR) is 177 cm³/mol. The molecule has 1 aromatic heterocycles. The summed E-state index contributed by atoms with van der Waals surface area (Å²) in [6.07, 6.45) is 8.62. The molecule has 230 valence electrons. The highest BCUT2D eigenvalue weighted by molar-refractivity contribution is 6.91. The van der Waals surface area contributed by atoms with Gasteiger partial charge in [0.05, 0.1) is 0 Å². The van der Waals surface area contributed by atoms with Gasteiger partial charge in [0, 0.05) is 47.9 Å². The van der Waals surface area contributed by atoms with Crippen LogP contribution in [-0.4, -0.2) is 54.9 Å². The molecule has 4 rings (SSSR count). The van der Waals surface area contributed by atoms with Crippen molar-refractivity contribution < 1.29 is 9.53 Å². The van der Waals surface area contributed by atoms with E-state index in [0.717, 1.165) is 24.3 Å². The minimum Gasteiger partial charge on any atom is -0.444 e. The molecule has 1 amide bonds. The van der Waals surface area contributed by atoms with E-state index in [2.05, 4.69) is 73.7 Å². The number of hydrogen-bond acceptors (Lipinski definition) is 3. The molecular formula is C35H59N3O2Si. The van der Waals surface area contributed by atoms with E-state index in [1.807, 2.05) is 20.8 Å². The Morgan fingerprint density at radius 1 is 0.951 bits per heavy atom. The average Bonchev–Trinajstić information content (AvgIpc) is 3.28. The first-order valence-electron chi connectivity index (χ1n) is 16.9. The molecular weight excluding hydrogens is 522 g/mol. The molecule has 0 unspecified atom stereocenters. The number of nitrogens with zero attached hydrogens (tertiary/aromatic N) is 2. The number of likely N-dealkylation sites (tertiary alicyclic amines) is 1. The number of rotatable bonds is 10. The highest BCUT2D eigenvalue weighted by atomic mass is 28.3. The van der Waals surface area contributed by atoms with E-state index in [-0.39, 0.29) is 6.09 Å². The number of amides is 1. The molecule has 1 N–H and O–H groups in total. The molecule has 6 heteroatoms. The minimum absolute atomic E-state index is 0.317. The summed E-state index contributed by atoms with van der Waals surface area (Å²) in [5, 5.41) is 6.14. The van der Waals surface area contributed by atoms with Gasteiger partial charge in [0.1, 0.15) is 13.7 Å². The van der Waals surface area contributed by atoms with Gasteiger partial charge in [0.15, 0.2) is 0 Å². The normalized spacial score (nSPS) is 21.5. The molecule has 5 nitrogen and oxygen atoms in total. The van der Waals surface area contributed by atoms with Crippen molar-refractivity contribution in [1.82, 2.24) is 14.8 Å². The summed E-state index contributed by atoms with van der Waals surface area (Å²) in [6.45, 7) is 20.9. The Kier molecular flexibility index (Phi) is 10.7. The van der Waals surface area contributed by atoms with Gasteiger partial charge in [-0.25, -0.2) is 4.79 Å². The maximum absolute atomic E-state index is 12.5. The molecule has 2 aromatic rings.